The second-order valence-corrected chi connectivity index (χ2v) is 4.69. The van der Waals surface area contributed by atoms with E-state index in [1.54, 1.807) is 23.1 Å². The van der Waals surface area contributed by atoms with E-state index in [1.807, 2.05) is 0 Å². The van der Waals surface area contributed by atoms with Crippen LogP contribution in [0.4, 0.5) is 0 Å². The Bertz CT molecular complexity index is 372. The molecular weight excluding hydrogens is 236 g/mol. The number of thioether (sulfide) groups is 1. The van der Waals surface area contributed by atoms with Crippen LogP contribution >= 0.6 is 35.5 Å². The maximum Gasteiger partial charge on any atom is 0.168 e. The fourth-order valence-corrected chi connectivity index (χ4v) is 3.04. The third-order valence-corrected chi connectivity index (χ3v) is 3.73. The molecule has 0 spiro atoms. The van der Waals surface area contributed by atoms with Crippen molar-refractivity contribution in [2.24, 2.45) is 4.99 Å². The highest BCUT2D eigenvalue weighted by molar-refractivity contribution is 8.16. The summed E-state index contributed by atoms with van der Waals surface area (Å²) in [5, 5.41) is 7.53. The summed E-state index contributed by atoms with van der Waals surface area (Å²) < 4.78 is 0. The smallest absolute Gasteiger partial charge is 0.168 e. The van der Waals surface area contributed by atoms with E-state index in [2.05, 4.69) is 38.3 Å². The van der Waals surface area contributed by atoms with E-state index in [9.17, 15) is 0 Å². The number of hydrogen-bond acceptors (Lipinski definition) is 4. The van der Waals surface area contributed by atoms with Crippen LogP contribution in [-0.2, 0) is 0 Å². The van der Waals surface area contributed by atoms with Gasteiger partial charge in [-0.1, -0.05) is 11.8 Å². The summed E-state index contributed by atoms with van der Waals surface area (Å²) in [5.41, 5.74) is 1.35. The van der Waals surface area contributed by atoms with Crippen LogP contribution in [0, 0.1) is 0 Å². The largest absolute Gasteiger partial charge is 0.325 e. The molecule has 0 N–H and O–H groups in total. The van der Waals surface area contributed by atoms with E-state index in [1.165, 1.54) is 5.56 Å². The summed E-state index contributed by atoms with van der Waals surface area (Å²) in [6.45, 7) is 1.01. The molecule has 0 aromatic carbocycles. The molecule has 1 aromatic heterocycles. The van der Waals surface area contributed by atoms with Crippen LogP contribution in [-0.4, -0.2) is 16.6 Å². The van der Waals surface area contributed by atoms with Crippen molar-refractivity contribution in [3.63, 3.8) is 0 Å². The average Bonchev–Trinajstić information content (AvgIpc) is 2.78. The highest BCUT2D eigenvalue weighted by Gasteiger charge is 2.27. The minimum absolute atomic E-state index is 0. The first-order chi connectivity index (χ1) is 6.43. The van der Waals surface area contributed by atoms with Crippen molar-refractivity contribution in [1.82, 2.24) is 4.90 Å². The summed E-state index contributed by atoms with van der Waals surface area (Å²) in [5.74, 6) is 0. The molecule has 1 atom stereocenters. The highest BCUT2D eigenvalue weighted by Crippen LogP contribution is 2.33. The lowest BCUT2D eigenvalue weighted by Gasteiger charge is -2.08. The molecule has 1 unspecified atom stereocenters. The van der Waals surface area contributed by atoms with Crippen LogP contribution < -0.4 is 0 Å². The average molecular weight is 245 g/mol. The zero-order valence-corrected chi connectivity index (χ0v) is 9.74. The molecule has 3 heterocycles. The van der Waals surface area contributed by atoms with Crippen molar-refractivity contribution < 1.29 is 0 Å². The standard InChI is InChI=1S/C9H8N2S2.ClH/c1-3-12-6-7(1)8-5-11-2-4-13-9(11)10-8;/h1-4,6,8H,5H2;1H. The van der Waals surface area contributed by atoms with Crippen LogP contribution in [0.1, 0.15) is 11.6 Å². The minimum atomic E-state index is 0. The number of aliphatic imine (C=N–C) groups is 1. The second-order valence-electron chi connectivity index (χ2n) is 3.04. The van der Waals surface area contributed by atoms with Gasteiger partial charge < -0.3 is 4.90 Å². The molecule has 0 bridgehead atoms. The Morgan fingerprint density at radius 3 is 3.14 bits per heavy atom. The van der Waals surface area contributed by atoms with Gasteiger partial charge >= 0.3 is 0 Å². The van der Waals surface area contributed by atoms with Gasteiger partial charge in [0, 0.05) is 6.20 Å². The monoisotopic (exact) mass is 244 g/mol. The highest BCUT2D eigenvalue weighted by atomic mass is 35.5. The number of amidine groups is 1. The first-order valence-electron chi connectivity index (χ1n) is 4.13. The summed E-state index contributed by atoms with van der Waals surface area (Å²) >= 11 is 3.45. The Morgan fingerprint density at radius 1 is 1.50 bits per heavy atom. The molecule has 0 saturated carbocycles. The first kappa shape index (κ1) is 10.1. The number of nitrogens with zero attached hydrogens (tertiary/aromatic N) is 2. The van der Waals surface area contributed by atoms with Gasteiger partial charge in [0.05, 0.1) is 12.6 Å². The molecule has 3 rings (SSSR count). The Morgan fingerprint density at radius 2 is 2.43 bits per heavy atom. The Balaban J connectivity index is 0.000000750. The van der Waals surface area contributed by atoms with Crippen LogP contribution in [0.5, 0.6) is 0 Å². The van der Waals surface area contributed by atoms with Crippen LogP contribution in [0.3, 0.4) is 0 Å². The molecule has 0 saturated heterocycles. The van der Waals surface area contributed by atoms with Gasteiger partial charge in [-0.05, 0) is 27.8 Å². The van der Waals surface area contributed by atoms with Crippen LogP contribution in [0.2, 0.25) is 0 Å². The number of fused-ring (bicyclic) bond motifs is 1. The van der Waals surface area contributed by atoms with E-state index >= 15 is 0 Å². The topological polar surface area (TPSA) is 15.6 Å². The lowest BCUT2D eigenvalue weighted by molar-refractivity contribution is 0.559. The molecule has 14 heavy (non-hydrogen) atoms. The molecule has 0 amide bonds. The zero-order chi connectivity index (χ0) is 8.67. The molecular formula is C9H9ClN2S2. The lowest BCUT2D eigenvalue weighted by atomic mass is 10.2. The molecule has 2 aliphatic rings. The van der Waals surface area contributed by atoms with Crippen LogP contribution in [0.25, 0.3) is 0 Å². The lowest BCUT2D eigenvalue weighted by Crippen LogP contribution is -2.15. The molecule has 2 nitrogen and oxygen atoms in total. The van der Waals surface area contributed by atoms with Crippen molar-refractivity contribution in [1.29, 1.82) is 0 Å². The van der Waals surface area contributed by atoms with Crippen molar-refractivity contribution >= 4 is 40.7 Å². The van der Waals surface area contributed by atoms with Gasteiger partial charge in [-0.15, -0.1) is 12.4 Å². The van der Waals surface area contributed by atoms with Crippen molar-refractivity contribution in [3.8, 4) is 0 Å². The maximum atomic E-state index is 4.64. The Labute approximate surface area is 97.1 Å². The Hall–Kier alpha value is -0.450. The van der Waals surface area contributed by atoms with Gasteiger partial charge in [0.25, 0.3) is 0 Å². The van der Waals surface area contributed by atoms with Gasteiger partial charge in [0.1, 0.15) is 0 Å². The maximum absolute atomic E-state index is 4.64. The van der Waals surface area contributed by atoms with Gasteiger partial charge in [0.2, 0.25) is 0 Å². The molecule has 0 aliphatic carbocycles. The second kappa shape index (κ2) is 3.96. The van der Waals surface area contributed by atoms with Gasteiger partial charge in [-0.25, -0.2) is 0 Å². The number of thiophene rings is 1. The minimum Gasteiger partial charge on any atom is -0.325 e. The SMILES string of the molecule is C1=CN2CC(c3ccsc3)N=C2S1.Cl. The number of rotatable bonds is 1. The molecule has 74 valence electrons. The van der Waals surface area contributed by atoms with Crippen LogP contribution in [0.15, 0.2) is 33.4 Å². The zero-order valence-electron chi connectivity index (χ0n) is 7.29. The Kier molecular flexibility index (Phi) is 2.85. The molecule has 0 fully saturated rings. The van der Waals surface area contributed by atoms with E-state index < -0.39 is 0 Å². The number of halogens is 1. The fraction of sp³-hybridized carbons (Fsp3) is 0.222. The molecule has 5 heteroatoms. The summed E-state index contributed by atoms with van der Waals surface area (Å²) in [6.07, 6.45) is 2.11. The van der Waals surface area contributed by atoms with Crippen molar-refractivity contribution in [3.05, 3.63) is 34.0 Å². The third kappa shape index (κ3) is 1.58. The first-order valence-corrected chi connectivity index (χ1v) is 5.95. The fourth-order valence-electron chi connectivity index (χ4n) is 1.54. The van der Waals surface area contributed by atoms with Crippen molar-refractivity contribution in [2.45, 2.75) is 6.04 Å². The van der Waals surface area contributed by atoms with Gasteiger partial charge in [0.15, 0.2) is 5.17 Å². The van der Waals surface area contributed by atoms with E-state index in [0.29, 0.717) is 6.04 Å². The summed E-state index contributed by atoms with van der Waals surface area (Å²) in [6, 6.07) is 2.52. The van der Waals surface area contributed by atoms with Gasteiger partial charge in [-0.3, -0.25) is 4.99 Å². The molecule has 1 aromatic rings. The molecule has 2 aliphatic heterocycles. The molecule has 0 radical (unpaired) electrons. The van der Waals surface area contributed by atoms with Crippen molar-refractivity contribution in [2.75, 3.05) is 6.54 Å². The quantitative estimate of drug-likeness (QED) is 0.755. The normalized spacial score (nSPS) is 23.3. The van der Waals surface area contributed by atoms with E-state index in [4.69, 9.17) is 0 Å². The summed E-state index contributed by atoms with van der Waals surface area (Å²) in [7, 11) is 0. The van der Waals surface area contributed by atoms with Gasteiger partial charge in [-0.2, -0.15) is 11.3 Å². The van der Waals surface area contributed by atoms with E-state index in [0.717, 1.165) is 11.7 Å². The predicted molar refractivity (Wildman–Crippen MR) is 65.2 cm³/mol. The number of hydrogen-bond donors (Lipinski definition) is 0. The predicted octanol–water partition coefficient (Wildman–Crippen LogP) is 3.10. The third-order valence-electron chi connectivity index (χ3n) is 2.22. The summed E-state index contributed by atoms with van der Waals surface area (Å²) in [4.78, 5) is 6.86. The van der Waals surface area contributed by atoms with E-state index in [-0.39, 0.29) is 12.4 Å².